The summed E-state index contributed by atoms with van der Waals surface area (Å²) in [6, 6.07) is 23.6. The molecule has 0 fully saturated rings. The highest BCUT2D eigenvalue weighted by Gasteiger charge is 2.60. The van der Waals surface area contributed by atoms with E-state index in [0.29, 0.717) is 0 Å². The van der Waals surface area contributed by atoms with Gasteiger partial charge in [0.15, 0.2) is 0 Å². The van der Waals surface area contributed by atoms with Gasteiger partial charge in [0.2, 0.25) is 5.91 Å². The Kier molecular flexibility index (Phi) is 3.55. The zero-order chi connectivity index (χ0) is 19.8. The zero-order valence-corrected chi connectivity index (χ0v) is 17.8. The molecule has 3 aromatic carbocycles. The number of fused-ring (bicyclic) bond motifs is 8. The van der Waals surface area contributed by atoms with Crippen molar-refractivity contribution >= 4 is 33.2 Å². The molecule has 6 rings (SSSR count). The molecular weight excluding hydrogens is 424 g/mol. The molecule has 0 N–H and O–H groups in total. The van der Waals surface area contributed by atoms with E-state index in [1.54, 1.807) is 0 Å². The zero-order valence-electron chi connectivity index (χ0n) is 16.2. The smallest absolute Gasteiger partial charge is 0.240 e. The Labute approximate surface area is 179 Å². The summed E-state index contributed by atoms with van der Waals surface area (Å²) in [6.45, 7) is 0.931. The Hall–Kier alpha value is -2.59. The van der Waals surface area contributed by atoms with Gasteiger partial charge in [0.1, 0.15) is 5.41 Å². The summed E-state index contributed by atoms with van der Waals surface area (Å²) in [5, 5.41) is 0. The minimum absolute atomic E-state index is 0.00727. The Bertz CT molecular complexity index is 1170. The van der Waals surface area contributed by atoms with Gasteiger partial charge < -0.3 is 9.80 Å². The number of hydrogen-bond donors (Lipinski definition) is 0. The maximum atomic E-state index is 14.0. The predicted octanol–water partition coefficient (Wildman–Crippen LogP) is 5.02. The molecule has 144 valence electrons. The van der Waals surface area contributed by atoms with Crippen LogP contribution < -0.4 is 9.80 Å². The van der Waals surface area contributed by atoms with Gasteiger partial charge in [-0.15, -0.1) is 0 Å². The lowest BCUT2D eigenvalue weighted by Gasteiger charge is -2.52. The molecular formula is C25H21BrN2O. The fraction of sp³-hybridized carbons (Fsp3) is 0.240. The quantitative estimate of drug-likeness (QED) is 0.485. The summed E-state index contributed by atoms with van der Waals surface area (Å²) in [6.07, 6.45) is 1.73. The van der Waals surface area contributed by atoms with Crippen molar-refractivity contribution in [2.75, 3.05) is 23.4 Å². The van der Waals surface area contributed by atoms with Crippen molar-refractivity contribution in [3.8, 4) is 0 Å². The highest BCUT2D eigenvalue weighted by atomic mass is 79.9. The maximum Gasteiger partial charge on any atom is 0.240 e. The minimum atomic E-state index is -0.612. The number of benzene rings is 3. The van der Waals surface area contributed by atoms with Gasteiger partial charge >= 0.3 is 0 Å². The summed E-state index contributed by atoms with van der Waals surface area (Å²) in [4.78, 5) is 18.4. The van der Waals surface area contributed by atoms with Gasteiger partial charge in [-0.05, 0) is 59.4 Å². The van der Waals surface area contributed by atoms with Crippen LogP contribution in [-0.2, 0) is 23.1 Å². The average Bonchev–Trinajstić information content (AvgIpc) is 2.95. The monoisotopic (exact) mass is 444 g/mol. The van der Waals surface area contributed by atoms with Crippen molar-refractivity contribution in [1.29, 1.82) is 0 Å². The summed E-state index contributed by atoms with van der Waals surface area (Å²) < 4.78 is 1.02. The summed E-state index contributed by atoms with van der Waals surface area (Å²) in [5.74, 6) is 0.201. The lowest BCUT2D eigenvalue weighted by molar-refractivity contribution is -0.124. The van der Waals surface area contributed by atoms with E-state index >= 15 is 0 Å². The van der Waals surface area contributed by atoms with E-state index in [9.17, 15) is 4.79 Å². The molecule has 2 atom stereocenters. The van der Waals surface area contributed by atoms with E-state index in [2.05, 4.69) is 81.5 Å². The van der Waals surface area contributed by atoms with Crippen molar-refractivity contribution in [2.24, 2.45) is 0 Å². The fourth-order valence-electron chi connectivity index (χ4n) is 5.81. The van der Waals surface area contributed by atoms with Gasteiger partial charge in [-0.25, -0.2) is 0 Å². The normalized spacial score (nSPS) is 24.2. The number of rotatable bonds is 0. The van der Waals surface area contributed by atoms with E-state index < -0.39 is 5.41 Å². The van der Waals surface area contributed by atoms with Crippen LogP contribution in [0.15, 0.2) is 71.2 Å². The standard InChI is InChI=1S/C25H21BrN2O/c1-27-22-11-10-18(26)14-20(22)25(24(27)29)15-17-7-3-5-9-21(17)28-13-12-16-6-2-4-8-19(16)23(25)28/h2-11,14,23H,12-13,15H2,1H3/t23-,25-/m0/s1. The second-order valence-corrected chi connectivity index (χ2v) is 9.26. The number of amides is 1. The molecule has 0 bridgehead atoms. The SMILES string of the molecule is CN1C(=O)[C@@]2(Cc3ccccc3N3CCc4ccccc4[C@H]32)c2cc(Br)ccc21. The molecule has 0 radical (unpaired) electrons. The molecule has 4 heteroatoms. The molecule has 1 amide bonds. The van der Waals surface area contributed by atoms with E-state index in [1.165, 1.54) is 22.4 Å². The Morgan fingerprint density at radius 1 is 0.966 bits per heavy atom. The van der Waals surface area contributed by atoms with E-state index in [1.807, 2.05) is 18.0 Å². The van der Waals surface area contributed by atoms with Crippen LogP contribution in [0.1, 0.15) is 28.3 Å². The lowest BCUT2D eigenvalue weighted by atomic mass is 9.64. The van der Waals surface area contributed by atoms with Crippen LogP contribution >= 0.6 is 15.9 Å². The minimum Gasteiger partial charge on any atom is -0.362 e. The molecule has 3 aliphatic heterocycles. The van der Waals surface area contributed by atoms with Gasteiger partial charge in [-0.3, -0.25) is 4.79 Å². The first-order chi connectivity index (χ1) is 14.1. The molecule has 3 aliphatic rings. The van der Waals surface area contributed by atoms with Crippen molar-refractivity contribution < 1.29 is 4.79 Å². The third-order valence-corrected chi connectivity index (χ3v) is 7.50. The van der Waals surface area contributed by atoms with Crippen LogP contribution in [0.4, 0.5) is 11.4 Å². The number of carbonyl (C=O) groups is 1. The first-order valence-corrected chi connectivity index (χ1v) is 10.9. The molecule has 3 nitrogen and oxygen atoms in total. The Morgan fingerprint density at radius 2 is 1.72 bits per heavy atom. The molecule has 0 aromatic heterocycles. The Morgan fingerprint density at radius 3 is 2.59 bits per heavy atom. The number of para-hydroxylation sites is 1. The van der Waals surface area contributed by atoms with Crippen LogP contribution in [0.25, 0.3) is 0 Å². The first kappa shape index (κ1) is 17.3. The van der Waals surface area contributed by atoms with Gasteiger partial charge in [0, 0.05) is 29.4 Å². The molecule has 0 saturated carbocycles. The molecule has 0 saturated heterocycles. The summed E-state index contributed by atoms with van der Waals surface area (Å²) in [5.41, 5.74) is 6.75. The second kappa shape index (κ2) is 5.96. The molecule has 29 heavy (non-hydrogen) atoms. The average molecular weight is 445 g/mol. The lowest BCUT2D eigenvalue weighted by Crippen LogP contribution is -2.56. The first-order valence-electron chi connectivity index (χ1n) is 10.1. The molecule has 3 heterocycles. The topological polar surface area (TPSA) is 23.6 Å². The number of anilines is 2. The largest absolute Gasteiger partial charge is 0.362 e. The van der Waals surface area contributed by atoms with Gasteiger partial charge in [-0.1, -0.05) is 58.4 Å². The van der Waals surface area contributed by atoms with Crippen LogP contribution in [0.2, 0.25) is 0 Å². The fourth-order valence-corrected chi connectivity index (χ4v) is 6.17. The molecule has 0 unspecified atom stereocenters. The third-order valence-electron chi connectivity index (χ3n) is 7.01. The predicted molar refractivity (Wildman–Crippen MR) is 120 cm³/mol. The van der Waals surface area contributed by atoms with Crippen molar-refractivity contribution in [1.82, 2.24) is 0 Å². The van der Waals surface area contributed by atoms with Gasteiger partial charge in [0.05, 0.1) is 6.04 Å². The van der Waals surface area contributed by atoms with Crippen LogP contribution in [0.5, 0.6) is 0 Å². The number of hydrogen-bond acceptors (Lipinski definition) is 2. The summed E-state index contributed by atoms with van der Waals surface area (Å²) >= 11 is 3.66. The van der Waals surface area contributed by atoms with Crippen LogP contribution in [-0.4, -0.2) is 19.5 Å². The highest BCUT2D eigenvalue weighted by Crippen LogP contribution is 2.58. The van der Waals surface area contributed by atoms with E-state index in [4.69, 9.17) is 0 Å². The number of nitrogens with zero attached hydrogens (tertiary/aromatic N) is 2. The molecule has 1 spiro atoms. The van der Waals surface area contributed by atoms with Crippen LogP contribution in [0.3, 0.4) is 0 Å². The van der Waals surface area contributed by atoms with E-state index in [0.717, 1.165) is 35.1 Å². The summed E-state index contributed by atoms with van der Waals surface area (Å²) in [7, 11) is 1.92. The van der Waals surface area contributed by atoms with Gasteiger partial charge in [0.25, 0.3) is 0 Å². The highest BCUT2D eigenvalue weighted by molar-refractivity contribution is 9.10. The third kappa shape index (κ3) is 2.15. The number of likely N-dealkylation sites (N-methyl/N-ethyl adjacent to an activating group) is 1. The molecule has 0 aliphatic carbocycles. The number of halogens is 1. The Balaban J connectivity index is 1.70. The maximum absolute atomic E-state index is 14.0. The van der Waals surface area contributed by atoms with Crippen molar-refractivity contribution in [2.45, 2.75) is 24.3 Å². The van der Waals surface area contributed by atoms with Crippen molar-refractivity contribution in [3.63, 3.8) is 0 Å². The molecule has 3 aromatic rings. The number of carbonyl (C=O) groups excluding carboxylic acids is 1. The van der Waals surface area contributed by atoms with Crippen molar-refractivity contribution in [3.05, 3.63) is 93.5 Å². The van der Waals surface area contributed by atoms with Gasteiger partial charge in [-0.2, -0.15) is 0 Å². The second-order valence-electron chi connectivity index (χ2n) is 8.35. The van der Waals surface area contributed by atoms with Crippen LogP contribution in [0, 0.1) is 0 Å². The van der Waals surface area contributed by atoms with E-state index in [-0.39, 0.29) is 11.9 Å².